The van der Waals surface area contributed by atoms with Gasteiger partial charge in [0, 0.05) is 26.5 Å². The van der Waals surface area contributed by atoms with Gasteiger partial charge >= 0.3 is 0 Å². The Labute approximate surface area is 166 Å². The van der Waals surface area contributed by atoms with Gasteiger partial charge in [-0.15, -0.1) is 0 Å². The van der Waals surface area contributed by atoms with Gasteiger partial charge in [-0.3, -0.25) is 9.59 Å². The Bertz CT molecular complexity index is 464. The molecule has 0 aromatic heterocycles. The summed E-state index contributed by atoms with van der Waals surface area (Å²) < 4.78 is 11.1. The predicted octanol–water partition coefficient (Wildman–Crippen LogP) is -0.186. The molecule has 5 N–H and O–H groups in total. The Morgan fingerprint density at radius 3 is 2.46 bits per heavy atom. The van der Waals surface area contributed by atoms with Crippen LogP contribution in [0.1, 0.15) is 58.8 Å². The highest BCUT2D eigenvalue weighted by Gasteiger charge is 2.45. The van der Waals surface area contributed by atoms with Crippen molar-refractivity contribution in [2.75, 3.05) is 19.8 Å². The second-order valence-corrected chi connectivity index (χ2v) is 7.17. The van der Waals surface area contributed by atoms with Crippen molar-refractivity contribution in [2.45, 2.75) is 89.4 Å². The minimum Gasteiger partial charge on any atom is -0.394 e. The maximum absolute atomic E-state index is 11.8. The molecule has 164 valence electrons. The number of carbonyl (C=O) groups excluding carboxylic acids is 2. The molecule has 1 saturated heterocycles. The van der Waals surface area contributed by atoms with Crippen LogP contribution in [0, 0.1) is 0 Å². The summed E-state index contributed by atoms with van der Waals surface area (Å²) in [5.41, 5.74) is 0. The Kier molecular flexibility index (Phi) is 12.2. The molecule has 1 rings (SSSR count). The average molecular weight is 405 g/mol. The van der Waals surface area contributed by atoms with E-state index in [-0.39, 0.29) is 12.5 Å². The third-order valence-corrected chi connectivity index (χ3v) is 4.68. The van der Waals surface area contributed by atoms with Crippen molar-refractivity contribution >= 4 is 11.8 Å². The van der Waals surface area contributed by atoms with Crippen LogP contribution in [-0.2, 0) is 19.1 Å². The van der Waals surface area contributed by atoms with E-state index >= 15 is 0 Å². The van der Waals surface area contributed by atoms with Gasteiger partial charge in [-0.25, -0.2) is 0 Å². The number of unbranched alkanes of at least 4 members (excludes halogenated alkanes) is 4. The Hall–Kier alpha value is -1.26. The smallest absolute Gasteiger partial charge is 0.219 e. The summed E-state index contributed by atoms with van der Waals surface area (Å²) in [5.74, 6) is -0.382. The summed E-state index contributed by atoms with van der Waals surface area (Å²) in [4.78, 5) is 23.1. The number of aliphatic hydroxyl groups is 3. The summed E-state index contributed by atoms with van der Waals surface area (Å²) in [6, 6.07) is -0.943. The zero-order chi connectivity index (χ0) is 20.9. The van der Waals surface area contributed by atoms with Crippen molar-refractivity contribution in [3.05, 3.63) is 0 Å². The van der Waals surface area contributed by atoms with Crippen molar-refractivity contribution in [3.8, 4) is 0 Å². The average Bonchev–Trinajstić information content (AvgIpc) is 2.66. The third kappa shape index (κ3) is 8.83. The summed E-state index contributed by atoms with van der Waals surface area (Å²) >= 11 is 0. The molecule has 1 heterocycles. The lowest BCUT2D eigenvalue weighted by Crippen LogP contribution is -2.64. The van der Waals surface area contributed by atoms with Crippen LogP contribution in [0.2, 0.25) is 0 Å². The Morgan fingerprint density at radius 2 is 1.82 bits per heavy atom. The first kappa shape index (κ1) is 24.8. The predicted molar refractivity (Wildman–Crippen MR) is 102 cm³/mol. The van der Waals surface area contributed by atoms with Gasteiger partial charge in [0.25, 0.3) is 0 Å². The highest BCUT2D eigenvalue weighted by Crippen LogP contribution is 2.22. The number of hydrogen-bond donors (Lipinski definition) is 5. The minimum absolute atomic E-state index is 0.0143. The van der Waals surface area contributed by atoms with E-state index in [1.807, 2.05) is 0 Å². The molecule has 0 aliphatic carbocycles. The van der Waals surface area contributed by atoms with Crippen molar-refractivity contribution < 1.29 is 34.4 Å². The van der Waals surface area contributed by atoms with E-state index in [9.17, 15) is 24.9 Å². The van der Waals surface area contributed by atoms with Gasteiger partial charge in [0.1, 0.15) is 24.4 Å². The minimum atomic E-state index is -1.33. The number of hydrogen-bond acceptors (Lipinski definition) is 7. The van der Waals surface area contributed by atoms with E-state index in [2.05, 4.69) is 17.6 Å². The van der Waals surface area contributed by atoms with E-state index in [1.54, 1.807) is 0 Å². The lowest BCUT2D eigenvalue weighted by Gasteiger charge is -2.42. The normalized spacial score (nSPS) is 27.4. The topological polar surface area (TPSA) is 137 Å². The number of ether oxygens (including phenoxy) is 2. The van der Waals surface area contributed by atoms with Gasteiger partial charge in [0.15, 0.2) is 6.29 Å². The van der Waals surface area contributed by atoms with Crippen molar-refractivity contribution in [1.82, 2.24) is 10.6 Å². The molecule has 0 saturated carbocycles. The molecule has 0 spiro atoms. The molecule has 5 unspecified atom stereocenters. The summed E-state index contributed by atoms with van der Waals surface area (Å²) in [7, 11) is 0. The van der Waals surface area contributed by atoms with Gasteiger partial charge in [-0.05, 0) is 19.3 Å². The highest BCUT2D eigenvalue weighted by molar-refractivity contribution is 5.75. The molecule has 0 bridgehead atoms. The van der Waals surface area contributed by atoms with Crippen molar-refractivity contribution in [2.24, 2.45) is 0 Å². The van der Waals surface area contributed by atoms with Gasteiger partial charge in [-0.1, -0.05) is 26.2 Å². The van der Waals surface area contributed by atoms with Gasteiger partial charge in [0.05, 0.1) is 6.61 Å². The summed E-state index contributed by atoms with van der Waals surface area (Å²) in [6.07, 6.45) is 1.44. The first-order valence-corrected chi connectivity index (χ1v) is 10.2. The van der Waals surface area contributed by atoms with Crippen molar-refractivity contribution in [1.29, 1.82) is 0 Å². The van der Waals surface area contributed by atoms with Crippen LogP contribution in [0.5, 0.6) is 0 Å². The number of nitrogens with one attached hydrogen (secondary N) is 2. The number of amides is 2. The van der Waals surface area contributed by atoms with Gasteiger partial charge < -0.3 is 35.4 Å². The Balaban J connectivity index is 2.30. The quantitative estimate of drug-likeness (QED) is 0.268. The van der Waals surface area contributed by atoms with Crippen LogP contribution in [0.15, 0.2) is 0 Å². The van der Waals surface area contributed by atoms with Crippen LogP contribution >= 0.6 is 0 Å². The van der Waals surface area contributed by atoms with Crippen LogP contribution in [0.25, 0.3) is 0 Å². The van der Waals surface area contributed by atoms with E-state index in [1.165, 1.54) is 13.3 Å². The van der Waals surface area contributed by atoms with Crippen LogP contribution in [0.4, 0.5) is 0 Å². The second-order valence-electron chi connectivity index (χ2n) is 7.17. The molecule has 9 nitrogen and oxygen atoms in total. The zero-order valence-corrected chi connectivity index (χ0v) is 16.9. The number of aliphatic hydroxyl groups excluding tert-OH is 3. The molecule has 1 aliphatic rings. The zero-order valence-electron chi connectivity index (χ0n) is 16.9. The molecule has 1 fully saturated rings. The Morgan fingerprint density at radius 1 is 1.07 bits per heavy atom. The first-order valence-electron chi connectivity index (χ1n) is 10.2. The number of rotatable bonds is 13. The molecule has 2 amide bonds. The first-order chi connectivity index (χ1) is 13.4. The molecular weight excluding hydrogens is 368 g/mol. The third-order valence-electron chi connectivity index (χ3n) is 4.68. The van der Waals surface area contributed by atoms with E-state index in [0.717, 1.165) is 19.3 Å². The summed E-state index contributed by atoms with van der Waals surface area (Å²) in [5, 5.41) is 34.8. The number of carbonyl (C=O) groups is 2. The van der Waals surface area contributed by atoms with E-state index in [0.29, 0.717) is 25.8 Å². The summed E-state index contributed by atoms with van der Waals surface area (Å²) in [6.45, 7) is 3.90. The van der Waals surface area contributed by atoms with E-state index in [4.69, 9.17) is 9.47 Å². The molecular formula is C19H36N2O7. The van der Waals surface area contributed by atoms with Crippen LogP contribution < -0.4 is 10.6 Å². The van der Waals surface area contributed by atoms with Gasteiger partial charge in [0.2, 0.25) is 11.8 Å². The lowest BCUT2D eigenvalue weighted by atomic mass is 9.97. The van der Waals surface area contributed by atoms with E-state index < -0.39 is 43.2 Å². The second kappa shape index (κ2) is 13.8. The molecule has 0 aromatic carbocycles. The van der Waals surface area contributed by atoms with Crippen LogP contribution in [0.3, 0.4) is 0 Å². The maximum atomic E-state index is 11.8. The lowest BCUT2D eigenvalue weighted by molar-refractivity contribution is -0.270. The largest absolute Gasteiger partial charge is 0.394 e. The molecule has 0 aromatic rings. The fourth-order valence-electron chi connectivity index (χ4n) is 3.07. The SMILES string of the molecule is CCCCCCNC(=O)CCCCOC1OC(CO)C(O)C(O)C1NC(C)=O. The van der Waals surface area contributed by atoms with Crippen molar-refractivity contribution in [3.63, 3.8) is 0 Å². The maximum Gasteiger partial charge on any atom is 0.219 e. The monoisotopic (exact) mass is 404 g/mol. The molecule has 5 atom stereocenters. The fraction of sp³-hybridized carbons (Fsp3) is 0.895. The molecule has 0 radical (unpaired) electrons. The highest BCUT2D eigenvalue weighted by atomic mass is 16.7. The molecule has 28 heavy (non-hydrogen) atoms. The van der Waals surface area contributed by atoms with Gasteiger partial charge in [-0.2, -0.15) is 0 Å². The standard InChI is InChI=1S/C19H36N2O7/c1-3-4-5-7-10-20-15(24)9-6-8-11-27-19-16(21-13(2)23)18(26)17(25)14(12-22)28-19/h14,16-19,22,25-26H,3-12H2,1-2H3,(H,20,24)(H,21,23). The fourth-order valence-corrected chi connectivity index (χ4v) is 3.07. The van der Waals surface area contributed by atoms with Crippen LogP contribution in [-0.4, -0.2) is 77.5 Å². The molecule has 9 heteroatoms. The molecule has 1 aliphatic heterocycles.